The van der Waals surface area contributed by atoms with Crippen LogP contribution in [0.2, 0.25) is 0 Å². The molecule has 2 heteroatoms. The molecule has 1 aromatic rings. The molecule has 27 heavy (non-hydrogen) atoms. The lowest BCUT2D eigenvalue weighted by molar-refractivity contribution is 0.272. The number of anilines is 1. The Bertz CT molecular complexity index is 702. The van der Waals surface area contributed by atoms with Gasteiger partial charge in [-0.15, -0.1) is 6.58 Å². The molecular weight excluding hydrogens is 328 g/mol. The summed E-state index contributed by atoms with van der Waals surface area (Å²) >= 11 is 0. The van der Waals surface area contributed by atoms with Crippen LogP contribution in [0.15, 0.2) is 43.3 Å². The van der Waals surface area contributed by atoms with E-state index in [9.17, 15) is 0 Å². The first-order valence-corrected chi connectivity index (χ1v) is 10.9. The molecule has 0 saturated carbocycles. The van der Waals surface area contributed by atoms with Crippen LogP contribution in [-0.4, -0.2) is 18.1 Å². The van der Waals surface area contributed by atoms with Gasteiger partial charge in [0.25, 0.3) is 0 Å². The molecule has 3 rings (SSSR count). The molecule has 2 heterocycles. The second-order valence-electron chi connectivity index (χ2n) is 9.20. The van der Waals surface area contributed by atoms with Gasteiger partial charge in [-0.1, -0.05) is 71.6 Å². The van der Waals surface area contributed by atoms with E-state index in [4.69, 9.17) is 0 Å². The summed E-state index contributed by atoms with van der Waals surface area (Å²) in [6.45, 7) is 13.6. The summed E-state index contributed by atoms with van der Waals surface area (Å²) < 4.78 is 0. The average Bonchev–Trinajstić information content (AvgIpc) is 3.04. The second-order valence-corrected chi connectivity index (χ2v) is 9.20. The maximum Gasteiger partial charge on any atom is 0.106 e. The van der Waals surface area contributed by atoms with E-state index < -0.39 is 0 Å². The number of fused-ring (bicyclic) bond motifs is 3. The first-order valence-electron chi connectivity index (χ1n) is 10.9. The Labute approximate surface area is 166 Å². The molecule has 0 aliphatic carbocycles. The van der Waals surface area contributed by atoms with Crippen LogP contribution in [0.5, 0.6) is 0 Å². The number of hydrogen-bond donors (Lipinski definition) is 0. The van der Waals surface area contributed by atoms with E-state index in [-0.39, 0.29) is 10.8 Å². The predicted molar refractivity (Wildman–Crippen MR) is 118 cm³/mol. The molecule has 2 atom stereocenters. The molecule has 2 aliphatic heterocycles. The van der Waals surface area contributed by atoms with Crippen molar-refractivity contribution >= 4 is 5.69 Å². The summed E-state index contributed by atoms with van der Waals surface area (Å²) in [6.07, 6.45) is 15.8. The van der Waals surface area contributed by atoms with Crippen molar-refractivity contribution in [3.63, 3.8) is 0 Å². The number of allylic oxidation sites excluding steroid dienone is 1. The zero-order chi connectivity index (χ0) is 19.7. The zero-order valence-electron chi connectivity index (χ0n) is 18.1. The minimum Gasteiger partial charge on any atom is -0.359 e. The van der Waals surface area contributed by atoms with Gasteiger partial charge in [0, 0.05) is 30.5 Å². The van der Waals surface area contributed by atoms with Gasteiger partial charge in [0.15, 0.2) is 0 Å². The second kappa shape index (κ2) is 7.73. The fourth-order valence-electron chi connectivity index (χ4n) is 4.89. The smallest absolute Gasteiger partial charge is 0.106 e. The molecule has 2 nitrogen and oxygen atoms in total. The molecule has 2 aliphatic rings. The van der Waals surface area contributed by atoms with Gasteiger partial charge < -0.3 is 9.80 Å². The van der Waals surface area contributed by atoms with Gasteiger partial charge in [-0.25, -0.2) is 0 Å². The maximum absolute atomic E-state index is 4.24. The van der Waals surface area contributed by atoms with Gasteiger partial charge in [0.2, 0.25) is 0 Å². The summed E-state index contributed by atoms with van der Waals surface area (Å²) in [4.78, 5) is 4.82. The third-order valence-corrected chi connectivity index (χ3v) is 7.07. The van der Waals surface area contributed by atoms with Gasteiger partial charge in [-0.05, 0) is 41.9 Å². The van der Waals surface area contributed by atoms with Crippen molar-refractivity contribution in [3.8, 4) is 0 Å². The molecule has 0 amide bonds. The summed E-state index contributed by atoms with van der Waals surface area (Å²) in [5.74, 6) is 0. The fraction of sp³-hybridized carbons (Fsp3) is 0.600. The zero-order valence-corrected chi connectivity index (χ0v) is 18.1. The topological polar surface area (TPSA) is 6.48 Å². The number of hydrogen-bond acceptors (Lipinski definition) is 2. The fourth-order valence-corrected chi connectivity index (χ4v) is 4.89. The van der Waals surface area contributed by atoms with Crippen LogP contribution in [0.1, 0.15) is 83.8 Å². The molecule has 0 bridgehead atoms. The molecule has 2 unspecified atom stereocenters. The Kier molecular flexibility index (Phi) is 5.74. The maximum atomic E-state index is 4.24. The van der Waals surface area contributed by atoms with E-state index >= 15 is 0 Å². The van der Waals surface area contributed by atoms with Crippen LogP contribution >= 0.6 is 0 Å². The highest BCUT2D eigenvalue weighted by molar-refractivity contribution is 5.66. The number of rotatable bonds is 8. The Morgan fingerprint density at radius 2 is 1.96 bits per heavy atom. The van der Waals surface area contributed by atoms with Crippen molar-refractivity contribution in [3.05, 3.63) is 54.4 Å². The standard InChI is InChI=1S/C25H38N2/c1-7-10-11-12-15-24(4,5)20-13-14-21-22(18-20)27-17-16-26(6)23(27)19-25(21,8-2)9-3/h8,13-14,16-18,23H,2,7,9-12,15,19H2,1,3-6H3. The number of unbranched alkanes of at least 4 members (excludes halogenated alkanes) is 3. The molecule has 0 N–H and O–H groups in total. The summed E-state index contributed by atoms with van der Waals surface area (Å²) in [5, 5.41) is 0. The van der Waals surface area contributed by atoms with Gasteiger partial charge in [-0.2, -0.15) is 0 Å². The molecule has 0 aromatic heterocycles. The van der Waals surface area contributed by atoms with Crippen molar-refractivity contribution in [2.24, 2.45) is 0 Å². The van der Waals surface area contributed by atoms with E-state index in [1.54, 1.807) is 0 Å². The first-order chi connectivity index (χ1) is 12.9. The average molecular weight is 367 g/mol. The predicted octanol–water partition coefficient (Wildman–Crippen LogP) is 6.72. The van der Waals surface area contributed by atoms with Crippen LogP contribution < -0.4 is 4.90 Å². The van der Waals surface area contributed by atoms with Gasteiger partial charge in [0.05, 0.1) is 0 Å². The molecule has 1 aromatic carbocycles. The minimum atomic E-state index is 0.0700. The van der Waals surface area contributed by atoms with E-state index in [0.717, 1.165) is 12.8 Å². The molecule has 0 radical (unpaired) electrons. The largest absolute Gasteiger partial charge is 0.359 e. The Morgan fingerprint density at radius 1 is 1.19 bits per heavy atom. The lowest BCUT2D eigenvalue weighted by Crippen LogP contribution is -2.47. The van der Waals surface area contributed by atoms with Crippen LogP contribution in [0.3, 0.4) is 0 Å². The molecule has 0 saturated heterocycles. The Hall–Kier alpha value is -1.70. The third-order valence-electron chi connectivity index (χ3n) is 7.07. The van der Waals surface area contributed by atoms with Gasteiger partial charge in [-0.3, -0.25) is 0 Å². The van der Waals surface area contributed by atoms with Crippen molar-refractivity contribution in [2.45, 2.75) is 89.6 Å². The lowest BCUT2D eigenvalue weighted by atomic mass is 9.70. The van der Waals surface area contributed by atoms with E-state index in [1.807, 2.05) is 0 Å². The number of benzene rings is 1. The minimum absolute atomic E-state index is 0.0700. The summed E-state index contributed by atoms with van der Waals surface area (Å²) in [5.41, 5.74) is 4.58. The van der Waals surface area contributed by atoms with Gasteiger partial charge >= 0.3 is 0 Å². The third kappa shape index (κ3) is 3.56. The molecule has 148 valence electrons. The van der Waals surface area contributed by atoms with Crippen molar-refractivity contribution in [1.29, 1.82) is 0 Å². The highest BCUT2D eigenvalue weighted by atomic mass is 15.4. The monoisotopic (exact) mass is 366 g/mol. The van der Waals surface area contributed by atoms with Crippen molar-refractivity contribution < 1.29 is 0 Å². The van der Waals surface area contributed by atoms with Gasteiger partial charge in [0.1, 0.15) is 6.17 Å². The van der Waals surface area contributed by atoms with Crippen LogP contribution in [0, 0.1) is 0 Å². The van der Waals surface area contributed by atoms with Crippen molar-refractivity contribution in [2.75, 3.05) is 11.9 Å². The Morgan fingerprint density at radius 3 is 2.63 bits per heavy atom. The van der Waals surface area contributed by atoms with Crippen LogP contribution in [0.25, 0.3) is 0 Å². The molecule has 0 spiro atoms. The highest BCUT2D eigenvalue weighted by Gasteiger charge is 2.43. The quantitative estimate of drug-likeness (QED) is 0.372. The normalized spacial score (nSPS) is 24.1. The SMILES string of the molecule is C=CC1(CC)CC2N(C)C=CN2c2cc(C(C)(C)CCCCCC)ccc21. The summed E-state index contributed by atoms with van der Waals surface area (Å²) in [6, 6.07) is 7.25. The van der Waals surface area contributed by atoms with E-state index in [2.05, 4.69) is 87.8 Å². The first kappa shape index (κ1) is 20.0. The molecule has 0 fully saturated rings. The van der Waals surface area contributed by atoms with Crippen LogP contribution in [0.4, 0.5) is 5.69 Å². The van der Waals surface area contributed by atoms with E-state index in [0.29, 0.717) is 6.17 Å². The highest BCUT2D eigenvalue weighted by Crippen LogP contribution is 2.49. The lowest BCUT2D eigenvalue weighted by Gasteiger charge is -2.46. The Balaban J connectivity index is 1.96. The molecular formula is C25H38N2. The van der Waals surface area contributed by atoms with Crippen LogP contribution in [-0.2, 0) is 10.8 Å². The summed E-state index contributed by atoms with van der Waals surface area (Å²) in [7, 11) is 2.19. The number of nitrogens with zero attached hydrogens (tertiary/aromatic N) is 2. The van der Waals surface area contributed by atoms with Crippen molar-refractivity contribution in [1.82, 2.24) is 4.90 Å². The van der Waals surface area contributed by atoms with E-state index in [1.165, 1.54) is 48.9 Å².